The zero-order valence-corrected chi connectivity index (χ0v) is 15.0. The van der Waals surface area contributed by atoms with E-state index in [-0.39, 0.29) is 12.1 Å². The van der Waals surface area contributed by atoms with E-state index in [1.54, 1.807) is 13.1 Å². The number of rotatable bonds is 4. The van der Waals surface area contributed by atoms with E-state index < -0.39 is 11.6 Å². The number of amides is 1. The minimum Gasteiger partial charge on any atom is -0.461 e. The fourth-order valence-electron chi connectivity index (χ4n) is 2.76. The third-order valence-corrected chi connectivity index (χ3v) is 3.93. The number of esters is 1. The van der Waals surface area contributed by atoms with Gasteiger partial charge in [0.15, 0.2) is 0 Å². The molecule has 1 amide bonds. The topological polar surface area (TPSA) is 77.5 Å². The van der Waals surface area contributed by atoms with Crippen LogP contribution in [-0.2, 0) is 9.47 Å². The standard InChI is InChI=1S/C18H26N2O4/c1-6-23-16(21)15-9-14(11(2)10-19-15)12-7-13(8-12)20-17(22)24-18(3,4)5/h9-10,12-13H,6-8H2,1-5H3,(H,20,22). The smallest absolute Gasteiger partial charge is 0.407 e. The van der Waals surface area contributed by atoms with E-state index in [1.807, 2.05) is 33.8 Å². The van der Waals surface area contributed by atoms with Gasteiger partial charge < -0.3 is 14.8 Å². The van der Waals surface area contributed by atoms with Crippen LogP contribution in [0, 0.1) is 6.92 Å². The van der Waals surface area contributed by atoms with Crippen LogP contribution in [0.5, 0.6) is 0 Å². The highest BCUT2D eigenvalue weighted by Crippen LogP contribution is 2.38. The zero-order valence-electron chi connectivity index (χ0n) is 15.0. The molecule has 1 heterocycles. The van der Waals surface area contributed by atoms with Crippen LogP contribution < -0.4 is 5.32 Å². The van der Waals surface area contributed by atoms with Crippen molar-refractivity contribution in [2.45, 2.75) is 65.0 Å². The van der Waals surface area contributed by atoms with E-state index in [0.717, 1.165) is 24.0 Å². The lowest BCUT2D eigenvalue weighted by Gasteiger charge is -2.37. The first-order chi connectivity index (χ1) is 11.2. The number of aromatic nitrogens is 1. The molecule has 1 aromatic rings. The Morgan fingerprint density at radius 1 is 1.33 bits per heavy atom. The number of pyridine rings is 1. The van der Waals surface area contributed by atoms with Crippen molar-refractivity contribution in [1.82, 2.24) is 10.3 Å². The van der Waals surface area contributed by atoms with Crippen LogP contribution in [0.15, 0.2) is 12.3 Å². The second kappa shape index (κ2) is 7.20. The predicted octanol–water partition coefficient (Wildman–Crippen LogP) is 3.34. The average molecular weight is 334 g/mol. The number of ether oxygens (including phenoxy) is 2. The van der Waals surface area contributed by atoms with Gasteiger partial charge >= 0.3 is 12.1 Å². The molecular weight excluding hydrogens is 308 g/mol. The van der Waals surface area contributed by atoms with Crippen molar-refractivity contribution in [1.29, 1.82) is 0 Å². The Morgan fingerprint density at radius 2 is 2.00 bits per heavy atom. The maximum absolute atomic E-state index is 11.8. The molecule has 24 heavy (non-hydrogen) atoms. The number of alkyl carbamates (subject to hydrolysis) is 1. The first kappa shape index (κ1) is 18.2. The van der Waals surface area contributed by atoms with Crippen LogP contribution in [0.1, 0.15) is 68.1 Å². The summed E-state index contributed by atoms with van der Waals surface area (Å²) in [7, 11) is 0. The Labute approximate surface area is 142 Å². The van der Waals surface area contributed by atoms with E-state index in [9.17, 15) is 9.59 Å². The third-order valence-electron chi connectivity index (χ3n) is 3.93. The second-order valence-electron chi connectivity index (χ2n) is 7.16. The van der Waals surface area contributed by atoms with E-state index in [1.165, 1.54) is 0 Å². The van der Waals surface area contributed by atoms with E-state index in [4.69, 9.17) is 9.47 Å². The van der Waals surface area contributed by atoms with Gasteiger partial charge in [0, 0.05) is 12.2 Å². The summed E-state index contributed by atoms with van der Waals surface area (Å²) in [5.41, 5.74) is 1.98. The summed E-state index contributed by atoms with van der Waals surface area (Å²) < 4.78 is 10.3. The first-order valence-corrected chi connectivity index (χ1v) is 8.32. The maximum atomic E-state index is 11.8. The molecule has 0 saturated heterocycles. The fraction of sp³-hybridized carbons (Fsp3) is 0.611. The summed E-state index contributed by atoms with van der Waals surface area (Å²) >= 11 is 0. The Balaban J connectivity index is 1.94. The SMILES string of the molecule is CCOC(=O)c1cc(C2CC(NC(=O)OC(C)(C)C)C2)c(C)cn1. The molecule has 0 spiro atoms. The van der Waals surface area contributed by atoms with Gasteiger partial charge in [-0.3, -0.25) is 0 Å². The van der Waals surface area contributed by atoms with Gasteiger partial charge in [-0.05, 0) is 70.6 Å². The zero-order chi connectivity index (χ0) is 17.9. The number of nitrogens with one attached hydrogen (secondary N) is 1. The molecule has 1 N–H and O–H groups in total. The van der Waals surface area contributed by atoms with Gasteiger partial charge in [-0.1, -0.05) is 0 Å². The summed E-state index contributed by atoms with van der Waals surface area (Å²) in [6.45, 7) is 9.60. The van der Waals surface area contributed by atoms with Gasteiger partial charge in [-0.2, -0.15) is 0 Å². The largest absolute Gasteiger partial charge is 0.461 e. The molecule has 0 radical (unpaired) electrons. The molecule has 1 saturated carbocycles. The highest BCUT2D eigenvalue weighted by Gasteiger charge is 2.33. The van der Waals surface area contributed by atoms with Crippen molar-refractivity contribution in [3.05, 3.63) is 29.1 Å². The molecule has 6 nitrogen and oxygen atoms in total. The lowest BCUT2D eigenvalue weighted by atomic mass is 9.75. The van der Waals surface area contributed by atoms with Crippen LogP contribution in [0.4, 0.5) is 4.79 Å². The van der Waals surface area contributed by atoms with Crippen molar-refractivity contribution in [2.75, 3.05) is 6.61 Å². The Hall–Kier alpha value is -2.11. The number of hydrogen-bond donors (Lipinski definition) is 1. The third kappa shape index (κ3) is 4.69. The van der Waals surface area contributed by atoms with Crippen molar-refractivity contribution in [3.8, 4) is 0 Å². The number of hydrogen-bond acceptors (Lipinski definition) is 5. The van der Waals surface area contributed by atoms with Crippen molar-refractivity contribution in [3.63, 3.8) is 0 Å². The molecule has 132 valence electrons. The number of aryl methyl sites for hydroxylation is 1. The predicted molar refractivity (Wildman–Crippen MR) is 90.1 cm³/mol. The molecule has 6 heteroatoms. The van der Waals surface area contributed by atoms with Crippen molar-refractivity contribution < 1.29 is 19.1 Å². The molecule has 0 atom stereocenters. The normalized spacial score (nSPS) is 20.0. The van der Waals surface area contributed by atoms with E-state index in [2.05, 4.69) is 10.3 Å². The molecule has 1 fully saturated rings. The molecule has 0 bridgehead atoms. The first-order valence-electron chi connectivity index (χ1n) is 8.32. The highest BCUT2D eigenvalue weighted by atomic mass is 16.6. The van der Waals surface area contributed by atoms with Crippen molar-refractivity contribution >= 4 is 12.1 Å². The Bertz CT molecular complexity index is 616. The molecule has 1 aliphatic carbocycles. The number of carbonyl (C=O) groups excluding carboxylic acids is 2. The molecule has 0 aliphatic heterocycles. The van der Waals surface area contributed by atoms with Crippen LogP contribution in [0.2, 0.25) is 0 Å². The second-order valence-corrected chi connectivity index (χ2v) is 7.16. The highest BCUT2D eigenvalue weighted by molar-refractivity contribution is 5.87. The van der Waals surface area contributed by atoms with Crippen LogP contribution in [0.25, 0.3) is 0 Å². The quantitative estimate of drug-likeness (QED) is 0.855. The summed E-state index contributed by atoms with van der Waals surface area (Å²) in [6, 6.07) is 1.91. The fourth-order valence-corrected chi connectivity index (χ4v) is 2.76. The van der Waals surface area contributed by atoms with Crippen LogP contribution in [-0.4, -0.2) is 35.3 Å². The summed E-state index contributed by atoms with van der Waals surface area (Å²) in [5, 5.41) is 2.88. The van der Waals surface area contributed by atoms with Gasteiger partial charge in [0.25, 0.3) is 0 Å². The summed E-state index contributed by atoms with van der Waals surface area (Å²) in [5.74, 6) is -0.0948. The molecule has 0 aromatic carbocycles. The Kier molecular flexibility index (Phi) is 5.47. The van der Waals surface area contributed by atoms with Gasteiger partial charge in [-0.25, -0.2) is 14.6 Å². The van der Waals surface area contributed by atoms with E-state index >= 15 is 0 Å². The molecule has 2 rings (SSSR count). The van der Waals surface area contributed by atoms with Gasteiger partial charge in [-0.15, -0.1) is 0 Å². The molecule has 0 unspecified atom stereocenters. The minimum absolute atomic E-state index is 0.100. The summed E-state index contributed by atoms with van der Waals surface area (Å²) in [4.78, 5) is 27.7. The van der Waals surface area contributed by atoms with Gasteiger partial charge in [0.05, 0.1) is 6.61 Å². The molecular formula is C18H26N2O4. The van der Waals surface area contributed by atoms with Crippen LogP contribution >= 0.6 is 0 Å². The average Bonchev–Trinajstić information content (AvgIpc) is 2.41. The number of nitrogens with zero attached hydrogens (tertiary/aromatic N) is 1. The van der Waals surface area contributed by atoms with Crippen LogP contribution in [0.3, 0.4) is 0 Å². The van der Waals surface area contributed by atoms with Gasteiger partial charge in [0.1, 0.15) is 11.3 Å². The van der Waals surface area contributed by atoms with E-state index in [0.29, 0.717) is 18.2 Å². The molecule has 1 aliphatic rings. The molecule has 1 aromatic heterocycles. The monoisotopic (exact) mass is 334 g/mol. The lowest BCUT2D eigenvalue weighted by molar-refractivity contribution is 0.0470. The summed E-state index contributed by atoms with van der Waals surface area (Å²) in [6.07, 6.45) is 2.97. The minimum atomic E-state index is -0.497. The maximum Gasteiger partial charge on any atom is 0.407 e. The van der Waals surface area contributed by atoms with Gasteiger partial charge in [0.2, 0.25) is 0 Å². The van der Waals surface area contributed by atoms with Crippen molar-refractivity contribution in [2.24, 2.45) is 0 Å². The number of carbonyl (C=O) groups is 2. The lowest BCUT2D eigenvalue weighted by Crippen LogP contribution is -2.45. The Morgan fingerprint density at radius 3 is 2.58 bits per heavy atom.